The summed E-state index contributed by atoms with van der Waals surface area (Å²) in [5.41, 5.74) is 6.06. The van der Waals surface area contributed by atoms with Gasteiger partial charge in [-0.3, -0.25) is 14.4 Å². The average molecular weight is 542 g/mol. The van der Waals surface area contributed by atoms with Crippen molar-refractivity contribution >= 4 is 35.1 Å². The molecule has 1 atom stereocenters. The van der Waals surface area contributed by atoms with E-state index in [0.29, 0.717) is 40.2 Å². The number of carbonyl (C=O) groups excluding carboxylic acids is 3. The average Bonchev–Trinajstić information content (AvgIpc) is 3.43. The second-order valence-corrected chi connectivity index (χ2v) is 10.1. The number of rotatable bonds is 11. The number of H-pyrrole nitrogens is 1. The largest absolute Gasteiger partial charge is 0.358 e. The fourth-order valence-corrected chi connectivity index (χ4v) is 5.18. The van der Waals surface area contributed by atoms with Crippen LogP contribution in [0, 0.1) is 13.8 Å². The summed E-state index contributed by atoms with van der Waals surface area (Å²) >= 11 is 0. The van der Waals surface area contributed by atoms with Gasteiger partial charge in [0, 0.05) is 41.3 Å². The van der Waals surface area contributed by atoms with E-state index < -0.39 is 0 Å². The summed E-state index contributed by atoms with van der Waals surface area (Å²) < 4.78 is 0. The van der Waals surface area contributed by atoms with Crippen molar-refractivity contribution in [3.63, 3.8) is 0 Å². The zero-order chi connectivity index (χ0) is 28.8. The number of carbonyl (C=O) groups is 3. The van der Waals surface area contributed by atoms with Crippen molar-refractivity contribution in [2.75, 3.05) is 31.5 Å². The molecule has 0 spiro atoms. The van der Waals surface area contributed by atoms with E-state index in [1.54, 1.807) is 24.3 Å². The second kappa shape index (κ2) is 12.8. The van der Waals surface area contributed by atoms with Gasteiger partial charge in [0.2, 0.25) is 0 Å². The quantitative estimate of drug-likeness (QED) is 0.254. The van der Waals surface area contributed by atoms with Crippen molar-refractivity contribution in [1.82, 2.24) is 20.5 Å². The molecule has 0 saturated carbocycles. The molecule has 4 rings (SSSR count). The lowest BCUT2D eigenvalue weighted by molar-refractivity contribution is -0.110. The molecule has 0 saturated heterocycles. The number of hydrogen-bond acceptors (Lipinski definition) is 4. The Kier molecular flexibility index (Phi) is 9.22. The molecule has 0 radical (unpaired) electrons. The molecule has 0 bridgehead atoms. The van der Waals surface area contributed by atoms with Gasteiger partial charge in [-0.15, -0.1) is 0 Å². The third-order valence-corrected chi connectivity index (χ3v) is 7.58. The van der Waals surface area contributed by atoms with E-state index in [2.05, 4.69) is 39.7 Å². The maximum atomic E-state index is 13.2. The Morgan fingerprint density at radius 2 is 1.73 bits per heavy atom. The monoisotopic (exact) mass is 541 g/mol. The van der Waals surface area contributed by atoms with E-state index >= 15 is 0 Å². The van der Waals surface area contributed by atoms with Gasteiger partial charge in [0.05, 0.1) is 17.2 Å². The minimum absolute atomic E-state index is 0.113. The lowest BCUT2D eigenvalue weighted by Crippen LogP contribution is -2.35. The summed E-state index contributed by atoms with van der Waals surface area (Å²) in [6, 6.07) is 15.0. The molecule has 3 aromatic rings. The van der Waals surface area contributed by atoms with E-state index in [9.17, 15) is 14.4 Å². The lowest BCUT2D eigenvalue weighted by Gasteiger charge is -2.18. The highest BCUT2D eigenvalue weighted by atomic mass is 16.2. The maximum absolute atomic E-state index is 13.2. The van der Waals surface area contributed by atoms with E-state index in [4.69, 9.17) is 0 Å². The SMILES string of the molecule is CC[C@H](NC(=O)c1ccc2c(c1)C(=Cc1[nH]c(C)c(C(=O)NCCN(CC)CC)c1C)C(=O)N2)c1ccccc1. The molecule has 3 amide bonds. The molecular weight excluding hydrogens is 502 g/mol. The molecule has 2 heterocycles. The first kappa shape index (κ1) is 28.8. The van der Waals surface area contributed by atoms with Crippen LogP contribution in [-0.2, 0) is 4.79 Å². The molecule has 2 aromatic carbocycles. The fraction of sp³-hybridized carbons (Fsp3) is 0.344. The molecule has 0 unspecified atom stereocenters. The van der Waals surface area contributed by atoms with Gasteiger partial charge in [-0.05, 0) is 68.8 Å². The number of aryl methyl sites for hydroxylation is 1. The minimum atomic E-state index is -0.250. The molecule has 8 nitrogen and oxygen atoms in total. The lowest BCUT2D eigenvalue weighted by atomic mass is 10.0. The van der Waals surface area contributed by atoms with Crippen molar-refractivity contribution in [2.45, 2.75) is 47.1 Å². The summed E-state index contributed by atoms with van der Waals surface area (Å²) in [5.74, 6) is -0.588. The van der Waals surface area contributed by atoms with Crippen LogP contribution in [0.4, 0.5) is 5.69 Å². The molecule has 1 aliphatic rings. The van der Waals surface area contributed by atoms with Gasteiger partial charge in [-0.1, -0.05) is 51.1 Å². The molecule has 40 heavy (non-hydrogen) atoms. The first-order valence-electron chi connectivity index (χ1n) is 14.0. The van der Waals surface area contributed by atoms with Crippen LogP contribution in [-0.4, -0.2) is 53.8 Å². The van der Waals surface area contributed by atoms with Crippen LogP contribution in [0.5, 0.6) is 0 Å². The number of likely N-dealkylation sites (N-methyl/N-ethyl adjacent to an activating group) is 1. The van der Waals surface area contributed by atoms with E-state index in [0.717, 1.165) is 42.9 Å². The number of aromatic nitrogens is 1. The molecular formula is C32H39N5O3. The molecule has 0 aliphatic carbocycles. The molecule has 1 aliphatic heterocycles. The summed E-state index contributed by atoms with van der Waals surface area (Å²) in [4.78, 5) is 44.7. The molecule has 210 valence electrons. The van der Waals surface area contributed by atoms with Gasteiger partial charge in [0.15, 0.2) is 0 Å². The minimum Gasteiger partial charge on any atom is -0.358 e. The van der Waals surface area contributed by atoms with Crippen molar-refractivity contribution in [1.29, 1.82) is 0 Å². The Labute approximate surface area is 236 Å². The number of nitrogens with zero attached hydrogens (tertiary/aromatic N) is 1. The first-order chi connectivity index (χ1) is 19.3. The van der Waals surface area contributed by atoms with Crippen LogP contribution < -0.4 is 16.0 Å². The smallest absolute Gasteiger partial charge is 0.256 e. The predicted molar refractivity (Wildman–Crippen MR) is 160 cm³/mol. The normalized spacial score (nSPS) is 14.2. The molecule has 1 aromatic heterocycles. The van der Waals surface area contributed by atoms with Crippen molar-refractivity contribution < 1.29 is 14.4 Å². The summed E-state index contributed by atoms with van der Waals surface area (Å²) in [5, 5.41) is 9.02. The number of anilines is 1. The Morgan fingerprint density at radius 1 is 1.00 bits per heavy atom. The fourth-order valence-electron chi connectivity index (χ4n) is 5.18. The molecule has 0 fully saturated rings. The van der Waals surface area contributed by atoms with Gasteiger partial charge >= 0.3 is 0 Å². The number of aromatic amines is 1. The van der Waals surface area contributed by atoms with E-state index in [-0.39, 0.29) is 23.8 Å². The predicted octanol–water partition coefficient (Wildman–Crippen LogP) is 5.08. The van der Waals surface area contributed by atoms with Gasteiger partial charge in [-0.25, -0.2) is 0 Å². The number of benzene rings is 2. The van der Waals surface area contributed by atoms with E-state index in [1.165, 1.54) is 0 Å². The van der Waals surface area contributed by atoms with Crippen LogP contribution in [0.1, 0.15) is 82.0 Å². The topological polar surface area (TPSA) is 106 Å². The zero-order valence-corrected chi connectivity index (χ0v) is 24.0. The third-order valence-electron chi connectivity index (χ3n) is 7.58. The summed E-state index contributed by atoms with van der Waals surface area (Å²) in [6.07, 6.45) is 2.51. The zero-order valence-electron chi connectivity index (χ0n) is 24.0. The first-order valence-corrected chi connectivity index (χ1v) is 14.0. The van der Waals surface area contributed by atoms with Crippen molar-refractivity contribution in [2.24, 2.45) is 0 Å². The highest BCUT2D eigenvalue weighted by molar-refractivity contribution is 6.35. The van der Waals surface area contributed by atoms with Gasteiger partial charge in [0.1, 0.15) is 0 Å². The van der Waals surface area contributed by atoms with Gasteiger partial charge in [0.25, 0.3) is 17.7 Å². The summed E-state index contributed by atoms with van der Waals surface area (Å²) in [7, 11) is 0. The highest BCUT2D eigenvalue weighted by Crippen LogP contribution is 2.35. The second-order valence-electron chi connectivity index (χ2n) is 10.1. The number of fused-ring (bicyclic) bond motifs is 1. The Bertz CT molecular complexity index is 1420. The number of amides is 3. The van der Waals surface area contributed by atoms with Crippen LogP contribution in [0.2, 0.25) is 0 Å². The van der Waals surface area contributed by atoms with Crippen LogP contribution in [0.15, 0.2) is 48.5 Å². The van der Waals surface area contributed by atoms with Crippen LogP contribution in [0.3, 0.4) is 0 Å². The molecule has 8 heteroatoms. The third kappa shape index (κ3) is 6.18. The highest BCUT2D eigenvalue weighted by Gasteiger charge is 2.27. The summed E-state index contributed by atoms with van der Waals surface area (Å²) in [6.45, 7) is 13.2. The van der Waals surface area contributed by atoms with Crippen LogP contribution >= 0.6 is 0 Å². The Hall–Kier alpha value is -4.17. The Balaban J connectivity index is 1.56. The Morgan fingerprint density at radius 3 is 2.40 bits per heavy atom. The van der Waals surface area contributed by atoms with Gasteiger partial charge < -0.3 is 25.8 Å². The van der Waals surface area contributed by atoms with Crippen molar-refractivity contribution in [3.05, 3.63) is 87.7 Å². The van der Waals surface area contributed by atoms with Crippen LogP contribution in [0.25, 0.3) is 11.6 Å². The van der Waals surface area contributed by atoms with Crippen molar-refractivity contribution in [3.8, 4) is 0 Å². The number of hydrogen-bond donors (Lipinski definition) is 4. The van der Waals surface area contributed by atoms with E-state index in [1.807, 2.05) is 51.1 Å². The maximum Gasteiger partial charge on any atom is 0.256 e. The number of nitrogens with one attached hydrogen (secondary N) is 4. The van der Waals surface area contributed by atoms with Gasteiger partial charge in [-0.2, -0.15) is 0 Å². The standard InChI is InChI=1S/C32H39N5O3/c1-6-26(22-12-10-9-11-13-22)35-30(38)23-14-15-27-24(18-23)25(31(39)36-27)19-28-20(4)29(21(5)34-28)32(40)33-16-17-37(7-2)8-3/h9-15,18-19,26,34H,6-8,16-17H2,1-5H3,(H,33,40)(H,35,38)(H,36,39)/t26-/m0/s1. The molecule has 4 N–H and O–H groups in total.